The molecule has 11 heavy (non-hydrogen) atoms. The summed E-state index contributed by atoms with van der Waals surface area (Å²) >= 11 is 0. The van der Waals surface area contributed by atoms with E-state index in [1.54, 1.807) is 0 Å². The number of ether oxygens (including phenoxy) is 1. The van der Waals surface area contributed by atoms with Crippen LogP contribution in [-0.4, -0.2) is 25.8 Å². The van der Waals surface area contributed by atoms with Crippen LogP contribution in [-0.2, 0) is 4.74 Å². The SMILES string of the molecule is NCCC1CCC(CN)CO1. The Morgan fingerprint density at radius 3 is 2.55 bits per heavy atom. The van der Waals surface area contributed by atoms with Crippen LogP contribution in [0.4, 0.5) is 0 Å². The molecule has 1 fully saturated rings. The Morgan fingerprint density at radius 2 is 2.09 bits per heavy atom. The smallest absolute Gasteiger partial charge is 0.0587 e. The molecule has 0 amide bonds. The lowest BCUT2D eigenvalue weighted by atomic mass is 9.97. The van der Waals surface area contributed by atoms with Crippen molar-refractivity contribution in [1.29, 1.82) is 0 Å². The Labute approximate surface area is 68.1 Å². The second kappa shape index (κ2) is 4.70. The lowest BCUT2D eigenvalue weighted by molar-refractivity contribution is -0.0159. The summed E-state index contributed by atoms with van der Waals surface area (Å²) < 4.78 is 5.56. The number of nitrogens with two attached hydrogens (primary N) is 2. The molecule has 1 aliphatic rings. The van der Waals surface area contributed by atoms with Gasteiger partial charge < -0.3 is 16.2 Å². The molecule has 4 N–H and O–H groups in total. The van der Waals surface area contributed by atoms with Crippen LogP contribution in [0.15, 0.2) is 0 Å². The van der Waals surface area contributed by atoms with Crippen molar-refractivity contribution in [2.24, 2.45) is 17.4 Å². The molecule has 2 atom stereocenters. The fraction of sp³-hybridized carbons (Fsp3) is 1.00. The molecule has 1 rings (SSSR count). The maximum absolute atomic E-state index is 5.56. The zero-order valence-electron chi connectivity index (χ0n) is 6.96. The maximum atomic E-state index is 5.56. The molecule has 0 aromatic carbocycles. The van der Waals surface area contributed by atoms with Gasteiger partial charge in [-0.25, -0.2) is 0 Å². The van der Waals surface area contributed by atoms with E-state index >= 15 is 0 Å². The lowest BCUT2D eigenvalue weighted by Gasteiger charge is -2.27. The fourth-order valence-electron chi connectivity index (χ4n) is 1.46. The van der Waals surface area contributed by atoms with Crippen molar-refractivity contribution in [3.8, 4) is 0 Å². The molecule has 2 unspecified atom stereocenters. The molecule has 1 aliphatic heterocycles. The first-order valence-corrected chi connectivity index (χ1v) is 4.38. The van der Waals surface area contributed by atoms with Crippen molar-refractivity contribution in [2.75, 3.05) is 19.7 Å². The van der Waals surface area contributed by atoms with E-state index in [1.807, 2.05) is 0 Å². The highest BCUT2D eigenvalue weighted by Gasteiger charge is 2.19. The predicted octanol–water partition coefficient (Wildman–Crippen LogP) is 0.0891. The van der Waals surface area contributed by atoms with Crippen LogP contribution in [0.25, 0.3) is 0 Å². The van der Waals surface area contributed by atoms with Crippen molar-refractivity contribution >= 4 is 0 Å². The van der Waals surface area contributed by atoms with E-state index < -0.39 is 0 Å². The molecule has 0 spiro atoms. The van der Waals surface area contributed by atoms with Crippen molar-refractivity contribution in [1.82, 2.24) is 0 Å². The standard InChI is InChI=1S/C8H18N2O/c9-4-3-8-2-1-7(5-10)6-11-8/h7-8H,1-6,9-10H2. The van der Waals surface area contributed by atoms with Crippen LogP contribution in [0.1, 0.15) is 19.3 Å². The normalized spacial score (nSPS) is 32.2. The third-order valence-corrected chi connectivity index (χ3v) is 2.29. The van der Waals surface area contributed by atoms with E-state index in [9.17, 15) is 0 Å². The largest absolute Gasteiger partial charge is 0.378 e. The fourth-order valence-corrected chi connectivity index (χ4v) is 1.46. The second-order valence-electron chi connectivity index (χ2n) is 3.21. The summed E-state index contributed by atoms with van der Waals surface area (Å²) in [5.41, 5.74) is 10.9. The molecule has 0 bridgehead atoms. The summed E-state index contributed by atoms with van der Waals surface area (Å²) in [6.07, 6.45) is 3.75. The van der Waals surface area contributed by atoms with Crippen LogP contribution in [0, 0.1) is 5.92 Å². The number of rotatable bonds is 3. The molecule has 0 aliphatic carbocycles. The molecule has 0 aromatic rings. The first-order valence-electron chi connectivity index (χ1n) is 4.38. The van der Waals surface area contributed by atoms with Crippen LogP contribution >= 0.6 is 0 Å². The summed E-state index contributed by atoms with van der Waals surface area (Å²) in [5, 5.41) is 0. The van der Waals surface area contributed by atoms with Gasteiger partial charge in [-0.1, -0.05) is 0 Å². The molecular formula is C8H18N2O. The predicted molar refractivity (Wildman–Crippen MR) is 45.2 cm³/mol. The molecule has 3 heteroatoms. The zero-order valence-corrected chi connectivity index (χ0v) is 6.96. The minimum atomic E-state index is 0.405. The van der Waals surface area contributed by atoms with E-state index in [0.29, 0.717) is 12.0 Å². The van der Waals surface area contributed by atoms with Crippen LogP contribution in [0.3, 0.4) is 0 Å². The van der Waals surface area contributed by atoms with Crippen molar-refractivity contribution in [2.45, 2.75) is 25.4 Å². The van der Waals surface area contributed by atoms with Crippen LogP contribution in [0.2, 0.25) is 0 Å². The Balaban J connectivity index is 2.14. The lowest BCUT2D eigenvalue weighted by Crippen LogP contribution is -2.31. The Bertz CT molecular complexity index is 100. The molecule has 3 nitrogen and oxygen atoms in total. The summed E-state index contributed by atoms with van der Waals surface area (Å²) in [6, 6.07) is 0. The summed E-state index contributed by atoms with van der Waals surface area (Å²) in [7, 11) is 0. The van der Waals surface area contributed by atoms with Gasteiger partial charge in [0.25, 0.3) is 0 Å². The number of hydrogen-bond donors (Lipinski definition) is 2. The highest BCUT2D eigenvalue weighted by Crippen LogP contribution is 2.19. The summed E-state index contributed by atoms with van der Waals surface area (Å²) in [4.78, 5) is 0. The van der Waals surface area contributed by atoms with Gasteiger partial charge in [-0.3, -0.25) is 0 Å². The zero-order chi connectivity index (χ0) is 8.10. The van der Waals surface area contributed by atoms with Crippen molar-refractivity contribution in [3.63, 3.8) is 0 Å². The van der Waals surface area contributed by atoms with E-state index in [0.717, 1.165) is 32.5 Å². The minimum absolute atomic E-state index is 0.405. The molecule has 0 radical (unpaired) electrons. The maximum Gasteiger partial charge on any atom is 0.0587 e. The van der Waals surface area contributed by atoms with Gasteiger partial charge >= 0.3 is 0 Å². The van der Waals surface area contributed by atoms with Gasteiger partial charge in [0, 0.05) is 0 Å². The Hall–Kier alpha value is -0.120. The topological polar surface area (TPSA) is 61.3 Å². The van der Waals surface area contributed by atoms with Gasteiger partial charge in [0.15, 0.2) is 0 Å². The molecule has 1 heterocycles. The third kappa shape index (κ3) is 2.77. The second-order valence-corrected chi connectivity index (χ2v) is 3.21. The molecule has 0 saturated carbocycles. The molecule has 66 valence electrons. The quantitative estimate of drug-likeness (QED) is 0.612. The van der Waals surface area contributed by atoms with E-state index in [2.05, 4.69) is 0 Å². The van der Waals surface area contributed by atoms with E-state index in [4.69, 9.17) is 16.2 Å². The van der Waals surface area contributed by atoms with Gasteiger partial charge in [-0.15, -0.1) is 0 Å². The van der Waals surface area contributed by atoms with E-state index in [1.165, 1.54) is 6.42 Å². The highest BCUT2D eigenvalue weighted by atomic mass is 16.5. The van der Waals surface area contributed by atoms with Gasteiger partial charge in [-0.2, -0.15) is 0 Å². The van der Waals surface area contributed by atoms with Gasteiger partial charge in [0.05, 0.1) is 12.7 Å². The molecule has 1 saturated heterocycles. The highest BCUT2D eigenvalue weighted by molar-refractivity contribution is 4.70. The monoisotopic (exact) mass is 158 g/mol. The van der Waals surface area contributed by atoms with Crippen molar-refractivity contribution in [3.05, 3.63) is 0 Å². The minimum Gasteiger partial charge on any atom is -0.378 e. The van der Waals surface area contributed by atoms with Crippen molar-refractivity contribution < 1.29 is 4.74 Å². The summed E-state index contributed by atoms with van der Waals surface area (Å²) in [6.45, 7) is 2.33. The molecule has 0 aromatic heterocycles. The first kappa shape index (κ1) is 8.97. The van der Waals surface area contributed by atoms with E-state index in [-0.39, 0.29) is 0 Å². The molecular weight excluding hydrogens is 140 g/mol. The third-order valence-electron chi connectivity index (χ3n) is 2.29. The van der Waals surface area contributed by atoms with Gasteiger partial charge in [0.2, 0.25) is 0 Å². The van der Waals surface area contributed by atoms with Gasteiger partial charge in [-0.05, 0) is 38.3 Å². The van der Waals surface area contributed by atoms with Crippen LogP contribution in [0.5, 0.6) is 0 Å². The average Bonchev–Trinajstić information content (AvgIpc) is 2.07. The average molecular weight is 158 g/mol. The Kier molecular flexibility index (Phi) is 3.83. The first-order chi connectivity index (χ1) is 5.36. The summed E-state index contributed by atoms with van der Waals surface area (Å²) in [5.74, 6) is 0.587. The Morgan fingerprint density at radius 1 is 1.27 bits per heavy atom. The van der Waals surface area contributed by atoms with Crippen LogP contribution < -0.4 is 11.5 Å². The number of hydrogen-bond acceptors (Lipinski definition) is 3. The van der Waals surface area contributed by atoms with Gasteiger partial charge in [0.1, 0.15) is 0 Å².